The maximum absolute atomic E-state index is 11.6. The van der Waals surface area contributed by atoms with E-state index in [1.54, 1.807) is 0 Å². The molecule has 0 aromatic carbocycles. The second kappa shape index (κ2) is 6.29. The van der Waals surface area contributed by atoms with Gasteiger partial charge in [0.2, 0.25) is 5.91 Å². The van der Waals surface area contributed by atoms with Crippen LogP contribution in [0.15, 0.2) is 0 Å². The Balaban J connectivity index is 2.23. The summed E-state index contributed by atoms with van der Waals surface area (Å²) in [5, 5.41) is 3.39. The van der Waals surface area contributed by atoms with E-state index in [9.17, 15) is 4.79 Å². The van der Waals surface area contributed by atoms with Crippen LogP contribution in [0, 0.1) is 0 Å². The number of rotatable bonds is 8. The normalized spacial score (nSPS) is 19.6. The molecule has 1 fully saturated rings. The number of carbonyl (C=O) groups excluding carboxylic acids is 1. The highest BCUT2D eigenvalue weighted by Gasteiger charge is 2.36. The predicted octanol–water partition coefficient (Wildman–Crippen LogP) is 2.68. The van der Waals surface area contributed by atoms with Crippen LogP contribution in [0.25, 0.3) is 0 Å². The van der Waals surface area contributed by atoms with E-state index < -0.39 is 5.54 Å². The number of amides is 1. The van der Waals surface area contributed by atoms with Crippen molar-refractivity contribution in [3.63, 3.8) is 0 Å². The minimum absolute atomic E-state index is 0.210. The first kappa shape index (κ1) is 15.8. The van der Waals surface area contributed by atoms with E-state index in [2.05, 4.69) is 26.1 Å². The molecule has 0 spiro atoms. The maximum atomic E-state index is 11.6. The molecule has 3 nitrogen and oxygen atoms in total. The Morgan fingerprint density at radius 2 is 1.89 bits per heavy atom. The predicted molar refractivity (Wildman–Crippen MR) is 79.8 cm³/mol. The fraction of sp³-hybridized carbons (Fsp3) is 0.929. The zero-order valence-corrected chi connectivity index (χ0v) is 13.0. The van der Waals surface area contributed by atoms with Crippen molar-refractivity contribution in [1.82, 2.24) is 5.32 Å². The van der Waals surface area contributed by atoms with E-state index in [1.807, 2.05) is 18.7 Å². The molecule has 4 heteroatoms. The number of nitrogens with one attached hydrogen (secondary N) is 1. The molecule has 0 aromatic heterocycles. The third-order valence-electron chi connectivity index (χ3n) is 3.25. The second-order valence-electron chi connectivity index (χ2n) is 6.53. The van der Waals surface area contributed by atoms with Gasteiger partial charge in [-0.15, -0.1) is 0 Å². The van der Waals surface area contributed by atoms with Crippen LogP contribution in [-0.4, -0.2) is 28.0 Å². The second-order valence-corrected chi connectivity index (χ2v) is 8.45. The lowest BCUT2D eigenvalue weighted by Crippen LogP contribution is -2.53. The molecule has 0 aromatic rings. The summed E-state index contributed by atoms with van der Waals surface area (Å²) >= 11 is 1.98. The number of unbranched alkanes of at least 4 members (excludes halogenated alkanes) is 1. The van der Waals surface area contributed by atoms with Crippen molar-refractivity contribution in [2.75, 3.05) is 5.75 Å². The van der Waals surface area contributed by atoms with Crippen LogP contribution in [0.3, 0.4) is 0 Å². The maximum Gasteiger partial charge on any atom is 0.237 e. The monoisotopic (exact) mass is 272 g/mol. The van der Waals surface area contributed by atoms with Crippen LogP contribution in [0.1, 0.15) is 59.8 Å². The molecule has 0 bridgehead atoms. The molecule has 0 aliphatic heterocycles. The number of hydrogen-bond donors (Lipinski definition) is 2. The van der Waals surface area contributed by atoms with E-state index in [0.717, 1.165) is 25.0 Å². The van der Waals surface area contributed by atoms with Gasteiger partial charge in [0.05, 0.1) is 5.54 Å². The largest absolute Gasteiger partial charge is 0.368 e. The molecule has 1 unspecified atom stereocenters. The highest BCUT2D eigenvalue weighted by Crippen LogP contribution is 2.27. The molecule has 18 heavy (non-hydrogen) atoms. The van der Waals surface area contributed by atoms with Crippen LogP contribution >= 0.6 is 11.8 Å². The summed E-state index contributed by atoms with van der Waals surface area (Å²) in [5.74, 6) is 0.944. The van der Waals surface area contributed by atoms with Crippen LogP contribution in [0.4, 0.5) is 0 Å². The van der Waals surface area contributed by atoms with Gasteiger partial charge in [-0.3, -0.25) is 4.79 Å². The highest BCUT2D eigenvalue weighted by molar-refractivity contribution is 8.00. The molecule has 106 valence electrons. The van der Waals surface area contributed by atoms with Crippen molar-refractivity contribution in [2.45, 2.75) is 76.1 Å². The summed E-state index contributed by atoms with van der Waals surface area (Å²) in [5.41, 5.74) is 5.02. The minimum atomic E-state index is -0.506. The topological polar surface area (TPSA) is 55.1 Å². The van der Waals surface area contributed by atoms with Gasteiger partial charge in [-0.1, -0.05) is 27.2 Å². The van der Waals surface area contributed by atoms with Crippen molar-refractivity contribution in [3.05, 3.63) is 0 Å². The summed E-state index contributed by atoms with van der Waals surface area (Å²) in [4.78, 5) is 11.6. The number of primary amides is 1. The van der Waals surface area contributed by atoms with Gasteiger partial charge in [0, 0.05) is 10.8 Å². The Hall–Kier alpha value is -0.220. The third-order valence-corrected chi connectivity index (χ3v) is 4.61. The summed E-state index contributed by atoms with van der Waals surface area (Å²) < 4.78 is 0.333. The summed E-state index contributed by atoms with van der Waals surface area (Å²) in [6, 6.07) is 0.520. The first-order chi connectivity index (χ1) is 8.23. The van der Waals surface area contributed by atoms with Gasteiger partial charge in [-0.25, -0.2) is 0 Å². The zero-order chi connectivity index (χ0) is 13.8. The summed E-state index contributed by atoms with van der Waals surface area (Å²) in [6.07, 6.45) is 5.43. The summed E-state index contributed by atoms with van der Waals surface area (Å²) in [7, 11) is 0. The molecule has 1 atom stereocenters. The van der Waals surface area contributed by atoms with Gasteiger partial charge in [0.15, 0.2) is 0 Å². The standard InChI is InChI=1S/C14H28N2OS/c1-13(2,3)18-10-6-5-9-14(4,12(15)17)16-11-7-8-11/h11,16H,5-10H2,1-4H3,(H2,15,17). The Labute approximate surface area is 116 Å². The van der Waals surface area contributed by atoms with Crippen LogP contribution in [0.5, 0.6) is 0 Å². The first-order valence-corrected chi connectivity index (χ1v) is 7.93. The number of carbonyl (C=O) groups is 1. The van der Waals surface area contributed by atoms with Crippen LogP contribution in [-0.2, 0) is 4.79 Å². The quantitative estimate of drug-likeness (QED) is 0.668. The van der Waals surface area contributed by atoms with Gasteiger partial charge in [0.1, 0.15) is 0 Å². The molecule has 0 radical (unpaired) electrons. The third kappa shape index (κ3) is 6.10. The lowest BCUT2D eigenvalue weighted by molar-refractivity contribution is -0.124. The molecule has 0 heterocycles. The molecule has 3 N–H and O–H groups in total. The Morgan fingerprint density at radius 1 is 1.28 bits per heavy atom. The van der Waals surface area contributed by atoms with Crippen LogP contribution < -0.4 is 11.1 Å². The van der Waals surface area contributed by atoms with Gasteiger partial charge in [0.25, 0.3) is 0 Å². The fourth-order valence-electron chi connectivity index (χ4n) is 1.90. The first-order valence-electron chi connectivity index (χ1n) is 6.94. The molecule has 1 amide bonds. The van der Waals surface area contributed by atoms with Gasteiger partial charge >= 0.3 is 0 Å². The van der Waals surface area contributed by atoms with Crippen LogP contribution in [0.2, 0.25) is 0 Å². The van der Waals surface area contributed by atoms with Gasteiger partial charge in [-0.2, -0.15) is 11.8 Å². The van der Waals surface area contributed by atoms with Crippen molar-refractivity contribution in [1.29, 1.82) is 0 Å². The van der Waals surface area contributed by atoms with Crippen molar-refractivity contribution in [2.24, 2.45) is 5.73 Å². The Kier molecular flexibility index (Phi) is 5.53. The molecule has 1 rings (SSSR count). The lowest BCUT2D eigenvalue weighted by Gasteiger charge is -2.28. The number of nitrogens with two attached hydrogens (primary N) is 1. The van der Waals surface area contributed by atoms with Gasteiger partial charge < -0.3 is 11.1 Å². The molecule has 1 aliphatic carbocycles. The number of thioether (sulfide) groups is 1. The Bertz CT molecular complexity index is 284. The minimum Gasteiger partial charge on any atom is -0.368 e. The molecule has 0 saturated heterocycles. The Morgan fingerprint density at radius 3 is 2.33 bits per heavy atom. The van der Waals surface area contributed by atoms with E-state index in [1.165, 1.54) is 12.8 Å². The lowest BCUT2D eigenvalue weighted by atomic mass is 9.94. The van der Waals surface area contributed by atoms with Crippen molar-refractivity contribution < 1.29 is 4.79 Å². The van der Waals surface area contributed by atoms with Crippen molar-refractivity contribution in [3.8, 4) is 0 Å². The van der Waals surface area contributed by atoms with E-state index >= 15 is 0 Å². The van der Waals surface area contributed by atoms with E-state index in [0.29, 0.717) is 10.8 Å². The smallest absolute Gasteiger partial charge is 0.237 e. The molecule has 1 saturated carbocycles. The molecule has 1 aliphatic rings. The molecular weight excluding hydrogens is 244 g/mol. The average Bonchev–Trinajstić information content (AvgIpc) is 2.99. The SMILES string of the molecule is CC(C)(C)SCCCCC(C)(NC1CC1)C(N)=O. The number of hydrogen-bond acceptors (Lipinski definition) is 3. The van der Waals surface area contributed by atoms with Crippen molar-refractivity contribution >= 4 is 17.7 Å². The highest BCUT2D eigenvalue weighted by atomic mass is 32.2. The fourth-order valence-corrected chi connectivity index (χ4v) is 2.86. The zero-order valence-electron chi connectivity index (χ0n) is 12.2. The average molecular weight is 272 g/mol. The molecular formula is C14H28N2OS. The van der Waals surface area contributed by atoms with E-state index in [4.69, 9.17) is 5.73 Å². The van der Waals surface area contributed by atoms with Gasteiger partial charge in [-0.05, 0) is 38.4 Å². The van der Waals surface area contributed by atoms with E-state index in [-0.39, 0.29) is 5.91 Å². The summed E-state index contributed by atoms with van der Waals surface area (Å²) in [6.45, 7) is 8.66.